The zero-order valence-electron chi connectivity index (χ0n) is 24.1. The van der Waals surface area contributed by atoms with Crippen LogP contribution in [-0.2, 0) is 9.59 Å². The number of hydrogen-bond acceptors (Lipinski definition) is 5. The Labute approximate surface area is 248 Å². The molecular formula is C33H41ClN2O5. The van der Waals surface area contributed by atoms with Gasteiger partial charge in [0.25, 0.3) is 11.8 Å². The van der Waals surface area contributed by atoms with E-state index in [0.29, 0.717) is 29.3 Å². The standard InChI is InChI=1S/C15H15ClO.C10H10N2O2.C6H10O2.C2H6/c16-15-6-2-5-14(9-10-15)13-4-1-3-12(11-17)7-8-13;1-2-12-9(13)6-4-3-5-7(11)8(6)10(12)14;7-6(8)5-3-1-2-4-5;1-2/h1,3,6-11,14H,2,4-5H2;3-5H,2,11H2,1H3;5H,1-4H2,(H,7,8);1-2H3. The molecule has 0 aromatic heterocycles. The van der Waals surface area contributed by atoms with E-state index in [1.165, 1.54) is 10.5 Å². The average Bonchev–Trinajstić information content (AvgIpc) is 3.44. The third-order valence-corrected chi connectivity index (χ3v) is 7.40. The van der Waals surface area contributed by atoms with Gasteiger partial charge in [-0.15, -0.1) is 0 Å². The number of carbonyl (C=O) groups is 4. The molecule has 1 aliphatic heterocycles. The van der Waals surface area contributed by atoms with E-state index in [0.717, 1.165) is 61.8 Å². The van der Waals surface area contributed by atoms with Crippen molar-refractivity contribution in [2.24, 2.45) is 11.8 Å². The maximum Gasteiger partial charge on any atom is 0.306 e. The molecule has 0 bridgehead atoms. The number of amides is 2. The zero-order valence-corrected chi connectivity index (χ0v) is 24.9. The van der Waals surface area contributed by atoms with Crippen molar-refractivity contribution in [2.45, 2.75) is 65.7 Å². The first-order valence-corrected chi connectivity index (χ1v) is 14.7. The number of nitrogen functional groups attached to an aromatic ring is 1. The minimum atomic E-state index is -0.609. The maximum absolute atomic E-state index is 11.7. The number of aliphatic carboxylic acids is 1. The van der Waals surface area contributed by atoms with Crippen LogP contribution in [0.2, 0.25) is 0 Å². The smallest absolute Gasteiger partial charge is 0.306 e. The summed E-state index contributed by atoms with van der Waals surface area (Å²) in [5.74, 6) is -0.739. The molecular weight excluding hydrogens is 540 g/mol. The highest BCUT2D eigenvalue weighted by atomic mass is 35.5. The molecule has 3 N–H and O–H groups in total. The Morgan fingerprint density at radius 1 is 1.10 bits per heavy atom. The van der Waals surface area contributed by atoms with Crippen LogP contribution >= 0.6 is 11.6 Å². The summed E-state index contributed by atoms with van der Waals surface area (Å²) in [6.07, 6.45) is 21.9. The fraction of sp³-hybridized carbons (Fsp3) is 0.394. The number of rotatable bonds is 4. The molecule has 0 spiro atoms. The molecule has 0 saturated heterocycles. The monoisotopic (exact) mass is 580 g/mol. The van der Waals surface area contributed by atoms with Crippen molar-refractivity contribution in [1.82, 2.24) is 4.90 Å². The summed E-state index contributed by atoms with van der Waals surface area (Å²) < 4.78 is 0. The van der Waals surface area contributed by atoms with Gasteiger partial charge in [-0.05, 0) is 63.2 Å². The normalized spacial score (nSPS) is 19.5. The predicted octanol–water partition coefficient (Wildman–Crippen LogP) is 7.26. The minimum absolute atomic E-state index is 0.0185. The average molecular weight is 581 g/mol. The van der Waals surface area contributed by atoms with Gasteiger partial charge in [-0.25, -0.2) is 0 Å². The van der Waals surface area contributed by atoms with Gasteiger partial charge in [0.15, 0.2) is 0 Å². The Morgan fingerprint density at radius 2 is 1.80 bits per heavy atom. The Hall–Kier alpha value is -3.71. The first kappa shape index (κ1) is 33.5. The van der Waals surface area contributed by atoms with Crippen LogP contribution in [0.5, 0.6) is 0 Å². The molecule has 4 aliphatic rings. The van der Waals surface area contributed by atoms with Gasteiger partial charge in [0, 0.05) is 22.8 Å². The quantitative estimate of drug-likeness (QED) is 0.220. The number of fused-ring (bicyclic) bond motifs is 1. The molecule has 1 aromatic carbocycles. The lowest BCUT2D eigenvalue weighted by Crippen LogP contribution is -2.29. The van der Waals surface area contributed by atoms with Crippen LogP contribution in [0.4, 0.5) is 5.69 Å². The number of aldehydes is 1. The molecule has 3 aliphatic carbocycles. The summed E-state index contributed by atoms with van der Waals surface area (Å²) in [6, 6.07) is 4.93. The van der Waals surface area contributed by atoms with Crippen LogP contribution in [0.3, 0.4) is 0 Å². The van der Waals surface area contributed by atoms with E-state index in [1.54, 1.807) is 25.1 Å². The molecule has 2 amide bonds. The van der Waals surface area contributed by atoms with Crippen LogP contribution in [0, 0.1) is 11.8 Å². The van der Waals surface area contributed by atoms with E-state index in [2.05, 4.69) is 18.2 Å². The second-order valence-electron chi connectivity index (χ2n) is 9.71. The number of benzene rings is 1. The Kier molecular flexibility index (Phi) is 14.0. The number of allylic oxidation sites excluding steroid dienone is 10. The molecule has 0 radical (unpaired) electrons. The highest BCUT2D eigenvalue weighted by Crippen LogP contribution is 2.29. The number of anilines is 1. The predicted molar refractivity (Wildman–Crippen MR) is 165 cm³/mol. The first-order valence-electron chi connectivity index (χ1n) is 14.3. The number of carbonyl (C=O) groups excluding carboxylic acids is 3. The highest BCUT2D eigenvalue weighted by Gasteiger charge is 2.35. The second-order valence-corrected chi connectivity index (χ2v) is 10.1. The van der Waals surface area contributed by atoms with Crippen LogP contribution in [0.15, 0.2) is 76.9 Å². The minimum Gasteiger partial charge on any atom is -0.481 e. The molecule has 41 heavy (non-hydrogen) atoms. The summed E-state index contributed by atoms with van der Waals surface area (Å²) in [5, 5.41) is 9.23. The Morgan fingerprint density at radius 3 is 2.39 bits per heavy atom. The number of carboxylic acid groups (broad SMARTS) is 1. The van der Waals surface area contributed by atoms with E-state index in [1.807, 2.05) is 38.2 Å². The van der Waals surface area contributed by atoms with Gasteiger partial charge in [0.2, 0.25) is 0 Å². The van der Waals surface area contributed by atoms with Gasteiger partial charge >= 0.3 is 5.97 Å². The highest BCUT2D eigenvalue weighted by molar-refractivity contribution is 6.31. The number of nitrogens with zero attached hydrogens (tertiary/aromatic N) is 1. The Bertz CT molecular complexity index is 1250. The number of imide groups is 1. The van der Waals surface area contributed by atoms with E-state index in [4.69, 9.17) is 22.4 Å². The van der Waals surface area contributed by atoms with Gasteiger partial charge < -0.3 is 10.8 Å². The molecule has 5 rings (SSSR count). The molecule has 1 fully saturated rings. The molecule has 1 unspecified atom stereocenters. The van der Waals surface area contributed by atoms with E-state index >= 15 is 0 Å². The SMILES string of the molecule is CC.CCN1C(=O)c2cccc(N)c2C1=O.O=C(O)C1CCCC1.O=CC1=CC=C(C2C=CC(Cl)=CCC2)CC=C1. The molecule has 1 saturated carbocycles. The summed E-state index contributed by atoms with van der Waals surface area (Å²) in [6.45, 7) is 6.14. The summed E-state index contributed by atoms with van der Waals surface area (Å²) >= 11 is 5.99. The van der Waals surface area contributed by atoms with E-state index < -0.39 is 5.97 Å². The van der Waals surface area contributed by atoms with Crippen molar-refractivity contribution in [3.05, 3.63) is 88.0 Å². The second kappa shape index (κ2) is 17.2. The number of carboxylic acids is 1. The first-order chi connectivity index (χ1) is 19.8. The maximum atomic E-state index is 11.7. The molecule has 1 atom stereocenters. The third-order valence-electron chi connectivity index (χ3n) is 7.12. The number of nitrogens with two attached hydrogens (primary N) is 1. The van der Waals surface area contributed by atoms with E-state index in [9.17, 15) is 19.2 Å². The Balaban J connectivity index is 0.000000220. The van der Waals surface area contributed by atoms with Crippen LogP contribution in [-0.4, -0.2) is 40.6 Å². The van der Waals surface area contributed by atoms with Gasteiger partial charge in [-0.1, -0.05) is 86.4 Å². The fourth-order valence-corrected chi connectivity index (χ4v) is 5.10. The zero-order chi connectivity index (χ0) is 30.4. The molecule has 7 nitrogen and oxygen atoms in total. The van der Waals surface area contributed by atoms with Crippen LogP contribution < -0.4 is 5.73 Å². The van der Waals surface area contributed by atoms with Crippen molar-refractivity contribution < 1.29 is 24.3 Å². The number of hydrogen-bond donors (Lipinski definition) is 2. The molecule has 220 valence electrons. The topological polar surface area (TPSA) is 118 Å². The van der Waals surface area contributed by atoms with Crippen molar-refractivity contribution in [3.8, 4) is 0 Å². The molecule has 1 heterocycles. The van der Waals surface area contributed by atoms with Crippen molar-refractivity contribution in [3.63, 3.8) is 0 Å². The van der Waals surface area contributed by atoms with Gasteiger partial charge in [0.1, 0.15) is 6.29 Å². The lowest BCUT2D eigenvalue weighted by molar-refractivity contribution is -0.141. The lowest BCUT2D eigenvalue weighted by atomic mass is 9.92. The molecule has 1 aromatic rings. The van der Waals surface area contributed by atoms with Gasteiger partial charge in [0.05, 0.1) is 17.0 Å². The van der Waals surface area contributed by atoms with E-state index in [-0.39, 0.29) is 17.7 Å². The molecule has 8 heteroatoms. The lowest BCUT2D eigenvalue weighted by Gasteiger charge is -2.13. The summed E-state index contributed by atoms with van der Waals surface area (Å²) in [5.41, 5.74) is 8.85. The largest absolute Gasteiger partial charge is 0.481 e. The van der Waals surface area contributed by atoms with Gasteiger partial charge in [-0.2, -0.15) is 0 Å². The van der Waals surface area contributed by atoms with Crippen LogP contribution in [0.25, 0.3) is 0 Å². The van der Waals surface area contributed by atoms with Crippen molar-refractivity contribution in [1.29, 1.82) is 0 Å². The fourth-order valence-electron chi connectivity index (χ4n) is 4.91. The third kappa shape index (κ3) is 9.42. The van der Waals surface area contributed by atoms with Gasteiger partial charge in [-0.3, -0.25) is 24.1 Å². The number of halogens is 1. The summed E-state index contributed by atoms with van der Waals surface area (Å²) in [4.78, 5) is 45.4. The van der Waals surface area contributed by atoms with Crippen LogP contribution in [0.1, 0.15) is 86.4 Å². The summed E-state index contributed by atoms with van der Waals surface area (Å²) in [7, 11) is 0. The van der Waals surface area contributed by atoms with Crippen molar-refractivity contribution >= 4 is 41.4 Å². The van der Waals surface area contributed by atoms with Crippen molar-refractivity contribution in [2.75, 3.05) is 12.3 Å².